The summed E-state index contributed by atoms with van der Waals surface area (Å²) in [7, 11) is 0. The zero-order valence-electron chi connectivity index (χ0n) is 18.2. The highest BCUT2D eigenvalue weighted by Crippen LogP contribution is 2.37. The van der Waals surface area contributed by atoms with Gasteiger partial charge in [0.05, 0.1) is 24.9 Å². The summed E-state index contributed by atoms with van der Waals surface area (Å²) in [6.45, 7) is 10.8. The number of hydrogen-bond acceptors (Lipinski definition) is 4. The van der Waals surface area contributed by atoms with E-state index in [1.165, 1.54) is 16.5 Å². The predicted molar refractivity (Wildman–Crippen MR) is 119 cm³/mol. The summed E-state index contributed by atoms with van der Waals surface area (Å²) < 4.78 is 6.04. The van der Waals surface area contributed by atoms with Crippen LogP contribution in [0.25, 0.3) is 22.2 Å². The molecule has 3 N–H and O–H groups in total. The molecule has 3 heterocycles. The van der Waals surface area contributed by atoms with Gasteiger partial charge in [-0.25, -0.2) is 0 Å². The van der Waals surface area contributed by atoms with Crippen molar-refractivity contribution in [3.05, 3.63) is 52.8 Å². The summed E-state index contributed by atoms with van der Waals surface area (Å²) in [5.41, 5.74) is 13.3. The first-order valence-electron chi connectivity index (χ1n) is 10.5. The largest absolute Gasteiger partial charge is 0.371 e. The Morgan fingerprint density at radius 1 is 1.27 bits per heavy atom. The maximum absolute atomic E-state index is 11.3. The molecule has 3 aromatic rings. The fraction of sp³-hybridized carbons (Fsp3) is 0.417. The number of aromatic nitrogens is 2. The van der Waals surface area contributed by atoms with Crippen molar-refractivity contribution in [3.63, 3.8) is 0 Å². The van der Waals surface area contributed by atoms with Gasteiger partial charge in [0.2, 0.25) is 5.91 Å². The van der Waals surface area contributed by atoms with Crippen LogP contribution in [0, 0.1) is 13.8 Å². The summed E-state index contributed by atoms with van der Waals surface area (Å²) in [6.07, 6.45) is -0.0636. The van der Waals surface area contributed by atoms with Crippen LogP contribution in [-0.2, 0) is 9.53 Å². The molecule has 1 aliphatic rings. The Labute approximate surface area is 177 Å². The average Bonchev–Trinajstić information content (AvgIpc) is 3.06. The Morgan fingerprint density at radius 3 is 2.67 bits per heavy atom. The number of nitrogens with zero attached hydrogens (tertiary/aromatic N) is 2. The monoisotopic (exact) mass is 406 g/mol. The van der Waals surface area contributed by atoms with E-state index in [2.05, 4.69) is 59.0 Å². The molecule has 0 bridgehead atoms. The lowest BCUT2D eigenvalue weighted by Gasteiger charge is -2.32. The molecule has 6 heteroatoms. The van der Waals surface area contributed by atoms with Crippen LogP contribution in [0.4, 0.5) is 0 Å². The fourth-order valence-corrected chi connectivity index (χ4v) is 4.51. The van der Waals surface area contributed by atoms with Crippen molar-refractivity contribution < 1.29 is 9.53 Å². The van der Waals surface area contributed by atoms with Crippen molar-refractivity contribution in [1.82, 2.24) is 14.9 Å². The van der Waals surface area contributed by atoms with E-state index >= 15 is 0 Å². The van der Waals surface area contributed by atoms with Crippen LogP contribution >= 0.6 is 0 Å². The maximum Gasteiger partial charge on any atom is 0.231 e. The van der Waals surface area contributed by atoms with Gasteiger partial charge in [-0.05, 0) is 55.2 Å². The Bertz CT molecular complexity index is 1070. The third-order valence-electron chi connectivity index (χ3n) is 5.71. The van der Waals surface area contributed by atoms with E-state index in [9.17, 15) is 4.79 Å². The molecule has 0 saturated carbocycles. The molecule has 1 aliphatic heterocycles. The van der Waals surface area contributed by atoms with Crippen molar-refractivity contribution in [3.8, 4) is 11.3 Å². The van der Waals surface area contributed by atoms with Gasteiger partial charge in [-0.2, -0.15) is 0 Å². The van der Waals surface area contributed by atoms with Crippen LogP contribution in [0.5, 0.6) is 0 Å². The fourth-order valence-electron chi connectivity index (χ4n) is 4.51. The molecule has 1 atom stereocenters. The molecule has 1 aromatic carbocycles. The zero-order chi connectivity index (χ0) is 21.4. The highest BCUT2D eigenvalue weighted by Gasteiger charge is 2.24. The van der Waals surface area contributed by atoms with Gasteiger partial charge in [0.15, 0.2) is 0 Å². The summed E-state index contributed by atoms with van der Waals surface area (Å²) >= 11 is 0. The number of amides is 1. The number of pyridine rings is 1. The first kappa shape index (κ1) is 20.6. The molecule has 0 radical (unpaired) electrons. The molecule has 4 rings (SSSR count). The number of carbonyl (C=O) groups is 1. The number of fused-ring (bicyclic) bond motifs is 1. The topological polar surface area (TPSA) is 84.2 Å². The summed E-state index contributed by atoms with van der Waals surface area (Å²) in [6, 6.07) is 10.8. The lowest BCUT2D eigenvalue weighted by molar-refractivity contribution is -0.121. The van der Waals surface area contributed by atoms with E-state index in [1.807, 2.05) is 13.8 Å². The van der Waals surface area contributed by atoms with Crippen LogP contribution in [0.15, 0.2) is 30.3 Å². The molecule has 1 amide bonds. The standard InChI is InChI=1S/C24H30N4O2/c1-14(2)23-19-11-17(21-12-28(7-8-30-21)13-22(25)29)5-6-20(19)27-24(23)18-9-15(3)26-16(4)10-18/h5-6,9-11,14,21,27H,7-8,12-13H2,1-4H3,(H2,25,29). The SMILES string of the molecule is Cc1cc(-c2[nH]c3ccc(C4CN(CC(N)=O)CCO4)cc3c2C(C)C)cc(C)n1. The van der Waals surface area contributed by atoms with E-state index < -0.39 is 0 Å². The minimum atomic E-state index is -0.300. The second-order valence-electron chi connectivity index (χ2n) is 8.57. The van der Waals surface area contributed by atoms with Crippen LogP contribution < -0.4 is 5.73 Å². The molecular formula is C24H30N4O2. The van der Waals surface area contributed by atoms with Gasteiger partial charge in [-0.15, -0.1) is 0 Å². The highest BCUT2D eigenvalue weighted by molar-refractivity contribution is 5.92. The lowest BCUT2D eigenvalue weighted by atomic mass is 9.94. The number of morpholine rings is 1. The van der Waals surface area contributed by atoms with Crippen molar-refractivity contribution >= 4 is 16.8 Å². The molecule has 0 aliphatic carbocycles. The summed E-state index contributed by atoms with van der Waals surface area (Å²) in [5.74, 6) is 0.0582. The number of aryl methyl sites for hydroxylation is 2. The van der Waals surface area contributed by atoms with Gasteiger partial charge in [-0.1, -0.05) is 19.9 Å². The molecule has 1 saturated heterocycles. The smallest absolute Gasteiger partial charge is 0.231 e. The first-order chi connectivity index (χ1) is 14.3. The van der Waals surface area contributed by atoms with Crippen molar-refractivity contribution in [2.24, 2.45) is 5.73 Å². The van der Waals surface area contributed by atoms with Crippen molar-refractivity contribution in [1.29, 1.82) is 0 Å². The molecule has 2 aromatic heterocycles. The summed E-state index contributed by atoms with van der Waals surface area (Å²) in [4.78, 5) is 21.6. The Morgan fingerprint density at radius 2 is 2.00 bits per heavy atom. The minimum Gasteiger partial charge on any atom is -0.371 e. The number of nitrogens with one attached hydrogen (secondary N) is 1. The second-order valence-corrected chi connectivity index (χ2v) is 8.57. The number of benzene rings is 1. The van der Waals surface area contributed by atoms with Crippen LogP contribution in [0.1, 0.15) is 48.4 Å². The van der Waals surface area contributed by atoms with Crippen LogP contribution in [-0.4, -0.2) is 47.0 Å². The van der Waals surface area contributed by atoms with Gasteiger partial charge >= 0.3 is 0 Å². The number of carbonyl (C=O) groups excluding carboxylic acids is 1. The van der Waals surface area contributed by atoms with Gasteiger partial charge in [-0.3, -0.25) is 14.7 Å². The van der Waals surface area contributed by atoms with Gasteiger partial charge in [0.25, 0.3) is 0 Å². The quantitative estimate of drug-likeness (QED) is 0.674. The van der Waals surface area contributed by atoms with Crippen LogP contribution in [0.2, 0.25) is 0 Å². The zero-order valence-corrected chi connectivity index (χ0v) is 18.2. The Hall–Kier alpha value is -2.70. The third kappa shape index (κ3) is 4.11. The highest BCUT2D eigenvalue weighted by atomic mass is 16.5. The van der Waals surface area contributed by atoms with E-state index in [1.54, 1.807) is 0 Å². The van der Waals surface area contributed by atoms with Crippen molar-refractivity contribution in [2.45, 2.75) is 39.7 Å². The van der Waals surface area contributed by atoms with Crippen molar-refractivity contribution in [2.75, 3.05) is 26.2 Å². The molecule has 1 unspecified atom stereocenters. The van der Waals surface area contributed by atoms with Gasteiger partial charge in [0, 0.05) is 40.9 Å². The number of nitrogens with two attached hydrogens (primary N) is 1. The number of hydrogen-bond donors (Lipinski definition) is 2. The third-order valence-corrected chi connectivity index (χ3v) is 5.71. The molecule has 6 nitrogen and oxygen atoms in total. The second kappa shape index (κ2) is 8.20. The van der Waals surface area contributed by atoms with E-state index in [4.69, 9.17) is 10.5 Å². The Balaban J connectivity index is 1.75. The number of primary amides is 1. The summed E-state index contributed by atoms with van der Waals surface area (Å²) in [5, 5.41) is 1.22. The average molecular weight is 407 g/mol. The number of H-pyrrole nitrogens is 1. The molecule has 0 spiro atoms. The van der Waals surface area contributed by atoms with E-state index in [0.29, 0.717) is 19.1 Å². The predicted octanol–water partition coefficient (Wildman–Crippen LogP) is 3.83. The lowest BCUT2D eigenvalue weighted by Crippen LogP contribution is -2.42. The van der Waals surface area contributed by atoms with E-state index in [-0.39, 0.29) is 18.6 Å². The maximum atomic E-state index is 11.3. The van der Waals surface area contributed by atoms with Gasteiger partial charge < -0.3 is 15.5 Å². The molecule has 30 heavy (non-hydrogen) atoms. The molecular weight excluding hydrogens is 376 g/mol. The molecule has 1 fully saturated rings. The van der Waals surface area contributed by atoms with E-state index in [0.717, 1.165) is 34.7 Å². The normalized spacial score (nSPS) is 17.7. The Kier molecular flexibility index (Phi) is 5.62. The number of ether oxygens (including phenoxy) is 1. The number of rotatable bonds is 5. The van der Waals surface area contributed by atoms with Gasteiger partial charge in [0.1, 0.15) is 0 Å². The van der Waals surface area contributed by atoms with Crippen LogP contribution in [0.3, 0.4) is 0 Å². The first-order valence-corrected chi connectivity index (χ1v) is 10.5. The minimum absolute atomic E-state index is 0.0636. The molecule has 158 valence electrons. The number of aromatic amines is 1.